The zero-order chi connectivity index (χ0) is 16.4. The summed E-state index contributed by atoms with van der Waals surface area (Å²) in [7, 11) is 0. The molecule has 0 aromatic heterocycles. The molecule has 6 heteroatoms. The molecule has 2 amide bonds. The number of carbonyl (C=O) groups excluding carboxylic acids is 2. The molecular formula is C17H17NO5. The fraction of sp³-hybridized carbons (Fsp3) is 0.412. The molecule has 0 radical (unpaired) electrons. The SMILES string of the molecule is CC1(C)O[C@@H]2[C@@H](O)[C@@H](N3C(=O)c4ccccc4C3=O)C=C[C@@H]2O1. The monoisotopic (exact) mass is 315 g/mol. The van der Waals surface area contributed by atoms with Crippen molar-refractivity contribution in [2.24, 2.45) is 0 Å². The van der Waals surface area contributed by atoms with Gasteiger partial charge in [-0.3, -0.25) is 14.5 Å². The van der Waals surface area contributed by atoms with Crippen LogP contribution < -0.4 is 0 Å². The molecule has 4 rings (SSSR count). The number of aliphatic hydroxyl groups excluding tert-OH is 1. The van der Waals surface area contributed by atoms with Crippen molar-refractivity contribution in [3.8, 4) is 0 Å². The number of hydrogen-bond donors (Lipinski definition) is 1. The third-order valence-corrected chi connectivity index (χ3v) is 4.47. The highest BCUT2D eigenvalue weighted by molar-refractivity contribution is 6.21. The van der Waals surface area contributed by atoms with Gasteiger partial charge in [0, 0.05) is 0 Å². The number of benzene rings is 1. The highest BCUT2D eigenvalue weighted by atomic mass is 16.8. The van der Waals surface area contributed by atoms with Crippen molar-refractivity contribution in [3.05, 3.63) is 47.5 Å². The van der Waals surface area contributed by atoms with Crippen molar-refractivity contribution in [2.45, 2.75) is 44.0 Å². The largest absolute Gasteiger partial charge is 0.388 e. The fourth-order valence-corrected chi connectivity index (χ4v) is 3.48. The molecular weight excluding hydrogens is 298 g/mol. The zero-order valence-corrected chi connectivity index (χ0v) is 12.8. The van der Waals surface area contributed by atoms with Crippen LogP contribution in [0.2, 0.25) is 0 Å². The van der Waals surface area contributed by atoms with E-state index in [1.54, 1.807) is 50.3 Å². The lowest BCUT2D eigenvalue weighted by Gasteiger charge is -2.34. The molecule has 3 aliphatic rings. The van der Waals surface area contributed by atoms with Gasteiger partial charge in [0.1, 0.15) is 18.3 Å². The van der Waals surface area contributed by atoms with Gasteiger partial charge in [0.2, 0.25) is 0 Å². The second-order valence-corrected chi connectivity index (χ2v) is 6.46. The van der Waals surface area contributed by atoms with E-state index >= 15 is 0 Å². The first-order valence-corrected chi connectivity index (χ1v) is 7.58. The highest BCUT2D eigenvalue weighted by Crippen LogP contribution is 2.37. The molecule has 1 saturated heterocycles. The maximum absolute atomic E-state index is 12.6. The predicted octanol–water partition coefficient (Wildman–Crippen LogP) is 1.10. The van der Waals surface area contributed by atoms with E-state index in [2.05, 4.69) is 0 Å². The van der Waals surface area contributed by atoms with Crippen molar-refractivity contribution >= 4 is 11.8 Å². The first kappa shape index (κ1) is 14.6. The molecule has 23 heavy (non-hydrogen) atoms. The number of imide groups is 1. The topological polar surface area (TPSA) is 76.1 Å². The summed E-state index contributed by atoms with van der Waals surface area (Å²) >= 11 is 0. The summed E-state index contributed by atoms with van der Waals surface area (Å²) in [6, 6.07) is 5.91. The first-order chi connectivity index (χ1) is 10.9. The minimum absolute atomic E-state index is 0.365. The lowest BCUT2D eigenvalue weighted by atomic mass is 9.93. The van der Waals surface area contributed by atoms with Crippen LogP contribution in [0.3, 0.4) is 0 Å². The Balaban J connectivity index is 1.67. The Kier molecular flexibility index (Phi) is 3.00. The van der Waals surface area contributed by atoms with Crippen molar-refractivity contribution in [1.82, 2.24) is 4.90 Å². The number of aliphatic hydroxyl groups is 1. The number of ether oxygens (including phenoxy) is 2. The summed E-state index contributed by atoms with van der Waals surface area (Å²) in [6.45, 7) is 3.53. The zero-order valence-electron chi connectivity index (χ0n) is 12.8. The summed E-state index contributed by atoms with van der Waals surface area (Å²) in [6.07, 6.45) is 1.38. The van der Waals surface area contributed by atoms with Crippen molar-refractivity contribution < 1.29 is 24.2 Å². The van der Waals surface area contributed by atoms with Gasteiger partial charge in [0.25, 0.3) is 11.8 Å². The molecule has 2 aliphatic heterocycles. The molecule has 0 unspecified atom stereocenters. The van der Waals surface area contributed by atoms with Gasteiger partial charge in [-0.2, -0.15) is 0 Å². The van der Waals surface area contributed by atoms with Crippen LogP contribution in [0, 0.1) is 0 Å². The molecule has 1 aromatic carbocycles. The van der Waals surface area contributed by atoms with Gasteiger partial charge in [-0.05, 0) is 26.0 Å². The van der Waals surface area contributed by atoms with E-state index in [-0.39, 0.29) is 6.10 Å². The number of rotatable bonds is 1. The summed E-state index contributed by atoms with van der Waals surface area (Å²) in [5.41, 5.74) is 0.730. The fourth-order valence-electron chi connectivity index (χ4n) is 3.48. The van der Waals surface area contributed by atoms with E-state index in [0.717, 1.165) is 4.90 Å². The Hall–Kier alpha value is -2.02. The standard InChI is InChI=1S/C17H17NO5/c1-17(2)22-12-8-7-11(13(19)14(12)23-17)18-15(20)9-5-3-4-6-10(9)16(18)21/h3-8,11-14,19H,1-2H3/t11-,12-,13-,14-/m0/s1. The van der Waals surface area contributed by atoms with E-state index in [9.17, 15) is 14.7 Å². The highest BCUT2D eigenvalue weighted by Gasteiger charge is 2.51. The van der Waals surface area contributed by atoms with Gasteiger partial charge in [0.05, 0.1) is 17.2 Å². The maximum atomic E-state index is 12.6. The van der Waals surface area contributed by atoms with Crippen LogP contribution >= 0.6 is 0 Å². The van der Waals surface area contributed by atoms with E-state index < -0.39 is 35.9 Å². The molecule has 120 valence electrons. The van der Waals surface area contributed by atoms with Crippen LogP contribution in [-0.4, -0.2) is 52.0 Å². The van der Waals surface area contributed by atoms with E-state index in [1.165, 1.54) is 0 Å². The molecule has 0 bridgehead atoms. The Bertz CT molecular complexity index is 690. The normalized spacial score (nSPS) is 34.7. The average molecular weight is 315 g/mol. The van der Waals surface area contributed by atoms with E-state index in [0.29, 0.717) is 11.1 Å². The average Bonchev–Trinajstić information content (AvgIpc) is 2.96. The number of carbonyl (C=O) groups is 2. The number of nitrogens with zero attached hydrogens (tertiary/aromatic N) is 1. The Labute approximate surface area is 133 Å². The Morgan fingerprint density at radius 2 is 1.65 bits per heavy atom. The van der Waals surface area contributed by atoms with Crippen LogP contribution in [0.5, 0.6) is 0 Å². The van der Waals surface area contributed by atoms with Crippen LogP contribution in [0.25, 0.3) is 0 Å². The number of fused-ring (bicyclic) bond motifs is 2. The molecule has 6 nitrogen and oxygen atoms in total. The smallest absolute Gasteiger partial charge is 0.262 e. The summed E-state index contributed by atoms with van der Waals surface area (Å²) in [5, 5.41) is 10.6. The lowest BCUT2D eigenvalue weighted by molar-refractivity contribution is -0.154. The van der Waals surface area contributed by atoms with E-state index in [4.69, 9.17) is 9.47 Å². The second-order valence-electron chi connectivity index (χ2n) is 6.46. The third kappa shape index (κ3) is 2.06. The van der Waals surface area contributed by atoms with Gasteiger partial charge in [-0.15, -0.1) is 0 Å². The molecule has 1 N–H and O–H groups in total. The molecule has 1 aromatic rings. The third-order valence-electron chi connectivity index (χ3n) is 4.47. The van der Waals surface area contributed by atoms with Gasteiger partial charge in [-0.25, -0.2) is 0 Å². The summed E-state index contributed by atoms with van der Waals surface area (Å²) in [5.74, 6) is -1.59. The van der Waals surface area contributed by atoms with Crippen LogP contribution in [0.4, 0.5) is 0 Å². The minimum Gasteiger partial charge on any atom is -0.388 e. The molecule has 0 spiro atoms. The Morgan fingerprint density at radius 1 is 1.04 bits per heavy atom. The molecule has 1 aliphatic carbocycles. The first-order valence-electron chi connectivity index (χ1n) is 7.58. The molecule has 2 heterocycles. The van der Waals surface area contributed by atoms with E-state index in [1.807, 2.05) is 0 Å². The van der Waals surface area contributed by atoms with Crippen molar-refractivity contribution in [3.63, 3.8) is 0 Å². The quantitative estimate of drug-likeness (QED) is 0.620. The number of amides is 2. The van der Waals surface area contributed by atoms with Crippen LogP contribution in [-0.2, 0) is 9.47 Å². The lowest BCUT2D eigenvalue weighted by Crippen LogP contribution is -2.54. The van der Waals surface area contributed by atoms with Crippen molar-refractivity contribution in [1.29, 1.82) is 0 Å². The molecule has 1 fully saturated rings. The molecule has 4 atom stereocenters. The van der Waals surface area contributed by atoms with Crippen LogP contribution in [0.1, 0.15) is 34.6 Å². The van der Waals surface area contributed by atoms with Gasteiger partial charge in [0.15, 0.2) is 5.79 Å². The van der Waals surface area contributed by atoms with Crippen molar-refractivity contribution in [2.75, 3.05) is 0 Å². The molecule has 0 saturated carbocycles. The van der Waals surface area contributed by atoms with Gasteiger partial charge >= 0.3 is 0 Å². The maximum Gasteiger partial charge on any atom is 0.262 e. The van der Waals surface area contributed by atoms with Gasteiger partial charge in [-0.1, -0.05) is 24.3 Å². The minimum atomic E-state index is -1.03. The van der Waals surface area contributed by atoms with Crippen LogP contribution in [0.15, 0.2) is 36.4 Å². The number of hydrogen-bond acceptors (Lipinski definition) is 5. The second kappa shape index (κ2) is 4.74. The van der Waals surface area contributed by atoms with Gasteiger partial charge < -0.3 is 14.6 Å². The predicted molar refractivity (Wildman–Crippen MR) is 79.7 cm³/mol. The summed E-state index contributed by atoms with van der Waals surface area (Å²) in [4.78, 5) is 26.2. The Morgan fingerprint density at radius 3 is 2.26 bits per heavy atom. The summed E-state index contributed by atoms with van der Waals surface area (Å²) < 4.78 is 11.4.